The summed E-state index contributed by atoms with van der Waals surface area (Å²) in [5.74, 6) is 0. The number of rotatable bonds is 6. The first-order valence-electron chi connectivity index (χ1n) is 11.1. The maximum Gasteiger partial charge on any atom is 0.0961 e. The van der Waals surface area contributed by atoms with Crippen LogP contribution < -0.4 is 0 Å². The van der Waals surface area contributed by atoms with Crippen LogP contribution >= 0.6 is 0 Å². The molecule has 2 aliphatic rings. The molecule has 1 aromatic heterocycles. The molecule has 164 valence electrons. The van der Waals surface area contributed by atoms with Gasteiger partial charge in [0.2, 0.25) is 0 Å². The standard InChI is InChI=1S/C24H35N3O3/c1-18-4-5-21-6-9-30-24(22(21)10-18)7-8-26(19(2)11-24)13-20-12-25-27(14-20)15-23(3,16-28)17-29/h4-5,10,12,14,19,28-29H,6-9,11,13,15-17H2,1-3H3/t19-,24-/m0/s1. The van der Waals surface area contributed by atoms with Gasteiger partial charge in [0.15, 0.2) is 0 Å². The van der Waals surface area contributed by atoms with Crippen LogP contribution in [-0.4, -0.2) is 57.3 Å². The lowest BCUT2D eigenvalue weighted by Gasteiger charge is -2.48. The summed E-state index contributed by atoms with van der Waals surface area (Å²) in [6.07, 6.45) is 6.97. The zero-order chi connectivity index (χ0) is 21.4. The molecule has 1 fully saturated rings. The van der Waals surface area contributed by atoms with Gasteiger partial charge in [-0.3, -0.25) is 9.58 Å². The Labute approximate surface area is 179 Å². The normalized spacial score (nSPS) is 24.9. The zero-order valence-corrected chi connectivity index (χ0v) is 18.5. The summed E-state index contributed by atoms with van der Waals surface area (Å²) in [6.45, 7) is 9.36. The molecule has 0 aliphatic carbocycles. The fourth-order valence-corrected chi connectivity index (χ4v) is 4.98. The fraction of sp³-hybridized carbons (Fsp3) is 0.625. The molecule has 2 atom stereocenters. The number of piperidine rings is 1. The van der Waals surface area contributed by atoms with Crippen LogP contribution in [0, 0.1) is 12.3 Å². The van der Waals surface area contributed by atoms with Crippen molar-refractivity contribution in [3.63, 3.8) is 0 Å². The van der Waals surface area contributed by atoms with Gasteiger partial charge in [-0.1, -0.05) is 30.7 Å². The minimum absolute atomic E-state index is 0.0646. The number of aromatic nitrogens is 2. The molecule has 0 saturated carbocycles. The van der Waals surface area contributed by atoms with Gasteiger partial charge in [-0.05, 0) is 44.2 Å². The SMILES string of the molecule is Cc1ccc2c(c1)[C@@]1(CCN(Cc3cnn(CC(C)(CO)CO)c3)[C@@H](C)C1)OCC2. The molecule has 3 heterocycles. The predicted octanol–water partition coefficient (Wildman–Crippen LogP) is 2.63. The average Bonchev–Trinajstić information content (AvgIpc) is 3.17. The quantitative estimate of drug-likeness (QED) is 0.762. The second-order valence-electron chi connectivity index (χ2n) is 9.70. The van der Waals surface area contributed by atoms with Crippen LogP contribution in [-0.2, 0) is 29.8 Å². The Balaban J connectivity index is 1.44. The summed E-state index contributed by atoms with van der Waals surface area (Å²) in [7, 11) is 0. The molecular weight excluding hydrogens is 378 g/mol. The van der Waals surface area contributed by atoms with Crippen molar-refractivity contribution in [1.82, 2.24) is 14.7 Å². The summed E-state index contributed by atoms with van der Waals surface area (Å²) < 4.78 is 8.28. The number of fused-ring (bicyclic) bond motifs is 2. The summed E-state index contributed by atoms with van der Waals surface area (Å²) in [4.78, 5) is 2.51. The third-order valence-corrected chi connectivity index (χ3v) is 6.94. The molecule has 30 heavy (non-hydrogen) atoms. The van der Waals surface area contributed by atoms with Gasteiger partial charge in [-0.15, -0.1) is 0 Å². The van der Waals surface area contributed by atoms with E-state index in [-0.39, 0.29) is 18.8 Å². The van der Waals surface area contributed by atoms with Crippen LogP contribution in [0.1, 0.15) is 48.9 Å². The molecule has 1 saturated heterocycles. The molecule has 1 aromatic carbocycles. The zero-order valence-electron chi connectivity index (χ0n) is 18.5. The van der Waals surface area contributed by atoms with Crippen LogP contribution in [0.4, 0.5) is 0 Å². The number of likely N-dealkylation sites (tertiary alicyclic amines) is 1. The Morgan fingerprint density at radius 2 is 2.10 bits per heavy atom. The molecule has 0 radical (unpaired) electrons. The Kier molecular flexibility index (Phi) is 6.04. The highest BCUT2D eigenvalue weighted by molar-refractivity contribution is 5.38. The van der Waals surface area contributed by atoms with Crippen molar-refractivity contribution < 1.29 is 14.9 Å². The molecule has 0 amide bonds. The van der Waals surface area contributed by atoms with Gasteiger partial charge in [0.1, 0.15) is 0 Å². The Morgan fingerprint density at radius 1 is 1.30 bits per heavy atom. The molecule has 0 bridgehead atoms. The third kappa shape index (κ3) is 4.19. The minimum atomic E-state index is -0.558. The molecular formula is C24H35N3O3. The highest BCUT2D eigenvalue weighted by atomic mass is 16.5. The lowest BCUT2D eigenvalue weighted by molar-refractivity contribution is -0.113. The molecule has 2 N–H and O–H groups in total. The first-order chi connectivity index (χ1) is 14.4. The molecule has 6 nitrogen and oxygen atoms in total. The van der Waals surface area contributed by atoms with E-state index in [1.54, 1.807) is 0 Å². The van der Waals surface area contributed by atoms with Gasteiger partial charge in [0.05, 0.1) is 38.2 Å². The second kappa shape index (κ2) is 8.42. The van der Waals surface area contributed by atoms with Crippen molar-refractivity contribution in [2.75, 3.05) is 26.4 Å². The highest BCUT2D eigenvalue weighted by Gasteiger charge is 2.43. The average molecular weight is 414 g/mol. The molecule has 1 spiro atoms. The van der Waals surface area contributed by atoms with E-state index in [2.05, 4.69) is 42.0 Å². The van der Waals surface area contributed by atoms with Crippen molar-refractivity contribution >= 4 is 0 Å². The summed E-state index contributed by atoms with van der Waals surface area (Å²) in [6, 6.07) is 7.24. The number of aliphatic hydroxyl groups is 2. The van der Waals surface area contributed by atoms with Crippen LogP contribution in [0.2, 0.25) is 0 Å². The molecule has 6 heteroatoms. The summed E-state index contributed by atoms with van der Waals surface area (Å²) >= 11 is 0. The van der Waals surface area contributed by atoms with Crippen LogP contribution in [0.3, 0.4) is 0 Å². The number of hydrogen-bond acceptors (Lipinski definition) is 5. The van der Waals surface area contributed by atoms with Gasteiger partial charge < -0.3 is 14.9 Å². The molecule has 4 rings (SSSR count). The van der Waals surface area contributed by atoms with Gasteiger partial charge in [-0.25, -0.2) is 0 Å². The topological polar surface area (TPSA) is 70.8 Å². The first-order valence-corrected chi connectivity index (χ1v) is 11.1. The van der Waals surface area contributed by atoms with Crippen LogP contribution in [0.5, 0.6) is 0 Å². The van der Waals surface area contributed by atoms with Crippen LogP contribution in [0.25, 0.3) is 0 Å². The van der Waals surface area contributed by atoms with E-state index in [1.165, 1.54) is 16.7 Å². The monoisotopic (exact) mass is 413 g/mol. The number of benzene rings is 1. The van der Waals surface area contributed by atoms with Gasteiger partial charge >= 0.3 is 0 Å². The van der Waals surface area contributed by atoms with Crippen molar-refractivity contribution in [2.24, 2.45) is 5.41 Å². The number of nitrogens with zero attached hydrogens (tertiary/aromatic N) is 3. The van der Waals surface area contributed by atoms with E-state index in [0.29, 0.717) is 12.6 Å². The Morgan fingerprint density at radius 3 is 2.83 bits per heavy atom. The van der Waals surface area contributed by atoms with E-state index < -0.39 is 5.41 Å². The second-order valence-corrected chi connectivity index (χ2v) is 9.70. The summed E-state index contributed by atoms with van der Waals surface area (Å²) in [5.41, 5.74) is 4.61. The lowest BCUT2D eigenvalue weighted by atomic mass is 9.76. The van der Waals surface area contributed by atoms with Gasteiger partial charge in [0, 0.05) is 36.3 Å². The smallest absolute Gasteiger partial charge is 0.0961 e. The van der Waals surface area contributed by atoms with E-state index in [1.807, 2.05) is 24.0 Å². The third-order valence-electron chi connectivity index (χ3n) is 6.94. The number of aryl methyl sites for hydroxylation is 1. The van der Waals surface area contributed by atoms with Crippen molar-refractivity contribution in [2.45, 2.75) is 64.8 Å². The minimum Gasteiger partial charge on any atom is -0.396 e. The fourth-order valence-electron chi connectivity index (χ4n) is 4.98. The van der Waals surface area contributed by atoms with Crippen LogP contribution in [0.15, 0.2) is 30.6 Å². The Bertz CT molecular complexity index is 876. The molecule has 0 unspecified atom stereocenters. The van der Waals surface area contributed by atoms with Crippen molar-refractivity contribution in [3.8, 4) is 0 Å². The van der Waals surface area contributed by atoms with Crippen molar-refractivity contribution in [1.29, 1.82) is 0 Å². The lowest BCUT2D eigenvalue weighted by Crippen LogP contribution is -2.50. The van der Waals surface area contributed by atoms with E-state index in [0.717, 1.165) is 44.5 Å². The highest BCUT2D eigenvalue weighted by Crippen LogP contribution is 2.44. The van der Waals surface area contributed by atoms with Gasteiger partial charge in [-0.2, -0.15) is 5.10 Å². The molecule has 2 aliphatic heterocycles. The summed E-state index contributed by atoms with van der Waals surface area (Å²) in [5, 5.41) is 23.5. The predicted molar refractivity (Wildman–Crippen MR) is 116 cm³/mol. The van der Waals surface area contributed by atoms with E-state index in [4.69, 9.17) is 4.74 Å². The number of hydrogen-bond donors (Lipinski definition) is 2. The first kappa shape index (κ1) is 21.5. The Hall–Kier alpha value is -1.73. The van der Waals surface area contributed by atoms with E-state index in [9.17, 15) is 10.2 Å². The number of ether oxygens (including phenoxy) is 1. The van der Waals surface area contributed by atoms with Gasteiger partial charge in [0.25, 0.3) is 0 Å². The van der Waals surface area contributed by atoms with E-state index >= 15 is 0 Å². The maximum absolute atomic E-state index is 9.54. The van der Waals surface area contributed by atoms with Crippen molar-refractivity contribution in [3.05, 3.63) is 52.8 Å². The maximum atomic E-state index is 9.54. The molecule has 2 aromatic rings. The number of aliphatic hydroxyl groups excluding tert-OH is 2. The largest absolute Gasteiger partial charge is 0.396 e.